The van der Waals surface area contributed by atoms with Crippen molar-refractivity contribution >= 4 is 5.91 Å². The third kappa shape index (κ3) is 3.82. The predicted molar refractivity (Wildman–Crippen MR) is 94.2 cm³/mol. The van der Waals surface area contributed by atoms with Crippen LogP contribution in [0.25, 0.3) is 0 Å². The first-order chi connectivity index (χ1) is 12.0. The molecule has 3 rings (SSSR count). The number of amides is 1. The monoisotopic (exact) mass is 343 g/mol. The summed E-state index contributed by atoms with van der Waals surface area (Å²) in [5, 5.41) is 13.8. The summed E-state index contributed by atoms with van der Waals surface area (Å²) in [5.74, 6) is 0.216. The quantitative estimate of drug-likeness (QED) is 0.914. The number of pyridine rings is 1. The van der Waals surface area contributed by atoms with Crippen molar-refractivity contribution in [3.63, 3.8) is 0 Å². The zero-order valence-corrected chi connectivity index (χ0v) is 15.0. The molecule has 7 heteroatoms. The Bertz CT molecular complexity index is 745. The second kappa shape index (κ2) is 7.23. The highest BCUT2D eigenvalue weighted by Crippen LogP contribution is 2.35. The molecule has 1 N–H and O–H groups in total. The van der Waals surface area contributed by atoms with Crippen LogP contribution in [0, 0.1) is 5.92 Å². The first-order valence-corrected chi connectivity index (χ1v) is 8.54. The molecule has 0 saturated carbocycles. The zero-order chi connectivity index (χ0) is 18.0. The van der Waals surface area contributed by atoms with E-state index in [2.05, 4.69) is 28.2 Å². The van der Waals surface area contributed by atoms with E-state index < -0.39 is 0 Å². The average molecular weight is 343 g/mol. The Morgan fingerprint density at radius 2 is 2.16 bits per heavy atom. The molecule has 1 saturated heterocycles. The molecule has 1 aliphatic heterocycles. The summed E-state index contributed by atoms with van der Waals surface area (Å²) < 4.78 is 1.82. The SMILES string of the molecule is CN(C[C@@H]1CCCN(C)[C@H]1c1cnn(C)c1)C(=O)c1cncc(O)c1. The van der Waals surface area contributed by atoms with E-state index >= 15 is 0 Å². The Labute approximate surface area is 147 Å². The molecule has 25 heavy (non-hydrogen) atoms. The maximum atomic E-state index is 12.6. The van der Waals surface area contributed by atoms with Crippen LogP contribution < -0.4 is 0 Å². The van der Waals surface area contributed by atoms with Gasteiger partial charge in [-0.3, -0.25) is 19.4 Å². The van der Waals surface area contributed by atoms with E-state index in [-0.39, 0.29) is 17.7 Å². The summed E-state index contributed by atoms with van der Waals surface area (Å²) in [5.41, 5.74) is 1.60. The number of rotatable bonds is 4. The number of hydrogen-bond donors (Lipinski definition) is 1. The van der Waals surface area contributed by atoms with Gasteiger partial charge in [-0.15, -0.1) is 0 Å². The molecule has 0 radical (unpaired) electrons. The van der Waals surface area contributed by atoms with Gasteiger partial charge in [0.15, 0.2) is 0 Å². The Morgan fingerprint density at radius 3 is 2.84 bits per heavy atom. The first kappa shape index (κ1) is 17.4. The smallest absolute Gasteiger partial charge is 0.255 e. The molecular formula is C18H25N5O2. The number of aryl methyl sites for hydroxylation is 1. The van der Waals surface area contributed by atoms with E-state index in [1.165, 1.54) is 24.0 Å². The lowest BCUT2D eigenvalue weighted by Gasteiger charge is -2.40. The molecule has 2 atom stereocenters. The number of carbonyl (C=O) groups is 1. The van der Waals surface area contributed by atoms with E-state index in [0.717, 1.165) is 19.4 Å². The molecule has 1 aliphatic rings. The number of likely N-dealkylation sites (tertiary alicyclic amines) is 1. The molecule has 0 unspecified atom stereocenters. The molecule has 1 amide bonds. The number of carbonyl (C=O) groups excluding carboxylic acids is 1. The molecule has 0 aromatic carbocycles. The zero-order valence-electron chi connectivity index (χ0n) is 15.0. The molecule has 0 aliphatic carbocycles. The van der Waals surface area contributed by atoms with Gasteiger partial charge in [0.2, 0.25) is 0 Å². The molecule has 1 fully saturated rings. The molecular weight excluding hydrogens is 318 g/mol. The maximum absolute atomic E-state index is 12.6. The van der Waals surface area contributed by atoms with Gasteiger partial charge in [-0.05, 0) is 38.4 Å². The van der Waals surface area contributed by atoms with Crippen LogP contribution in [-0.2, 0) is 7.05 Å². The second-order valence-corrected chi connectivity index (χ2v) is 6.89. The summed E-state index contributed by atoms with van der Waals surface area (Å²) in [6.45, 7) is 1.70. The van der Waals surface area contributed by atoms with Crippen LogP contribution in [0.1, 0.15) is 34.8 Å². The molecule has 7 nitrogen and oxygen atoms in total. The second-order valence-electron chi connectivity index (χ2n) is 6.89. The normalized spacial score (nSPS) is 21.2. The van der Waals surface area contributed by atoms with Gasteiger partial charge in [-0.1, -0.05) is 0 Å². The van der Waals surface area contributed by atoms with Crippen molar-refractivity contribution in [1.82, 2.24) is 24.6 Å². The summed E-state index contributed by atoms with van der Waals surface area (Å²) in [7, 11) is 5.86. The fraction of sp³-hybridized carbons (Fsp3) is 0.500. The fourth-order valence-electron chi connectivity index (χ4n) is 3.77. The minimum atomic E-state index is -0.124. The van der Waals surface area contributed by atoms with Crippen LogP contribution in [0.2, 0.25) is 0 Å². The lowest BCUT2D eigenvalue weighted by atomic mass is 9.85. The van der Waals surface area contributed by atoms with Crippen molar-refractivity contribution in [2.75, 3.05) is 27.2 Å². The topological polar surface area (TPSA) is 74.5 Å². The van der Waals surface area contributed by atoms with Gasteiger partial charge >= 0.3 is 0 Å². The van der Waals surface area contributed by atoms with E-state index in [0.29, 0.717) is 18.0 Å². The molecule has 0 spiro atoms. The van der Waals surface area contributed by atoms with Crippen molar-refractivity contribution in [3.8, 4) is 5.75 Å². The number of aromatic hydroxyl groups is 1. The van der Waals surface area contributed by atoms with Gasteiger partial charge in [-0.2, -0.15) is 5.10 Å². The molecule has 2 aromatic heterocycles. The fourth-order valence-corrected chi connectivity index (χ4v) is 3.77. The molecule has 134 valence electrons. The summed E-state index contributed by atoms with van der Waals surface area (Å²) in [6, 6.07) is 1.71. The van der Waals surface area contributed by atoms with Crippen LogP contribution in [0.15, 0.2) is 30.9 Å². The van der Waals surface area contributed by atoms with E-state index in [9.17, 15) is 9.90 Å². The van der Waals surface area contributed by atoms with Gasteiger partial charge < -0.3 is 10.0 Å². The third-order valence-electron chi connectivity index (χ3n) is 4.90. The van der Waals surface area contributed by atoms with Crippen molar-refractivity contribution < 1.29 is 9.90 Å². The van der Waals surface area contributed by atoms with Crippen molar-refractivity contribution in [1.29, 1.82) is 0 Å². The largest absolute Gasteiger partial charge is 0.506 e. The van der Waals surface area contributed by atoms with Gasteiger partial charge in [0, 0.05) is 44.6 Å². The van der Waals surface area contributed by atoms with E-state index in [4.69, 9.17) is 0 Å². The van der Waals surface area contributed by atoms with Crippen LogP contribution in [0.4, 0.5) is 0 Å². The van der Waals surface area contributed by atoms with Crippen LogP contribution in [-0.4, -0.2) is 62.8 Å². The maximum Gasteiger partial charge on any atom is 0.255 e. The van der Waals surface area contributed by atoms with Crippen molar-refractivity contribution in [3.05, 3.63) is 42.0 Å². The minimum absolute atomic E-state index is 0.00452. The summed E-state index contributed by atoms with van der Waals surface area (Å²) in [4.78, 5) is 20.6. The number of hydrogen-bond acceptors (Lipinski definition) is 5. The lowest BCUT2D eigenvalue weighted by Crippen LogP contribution is -2.42. The standard InChI is InChI=1S/C18H25N5O2/c1-21-6-4-5-13(17(21)15-9-20-23(3)12-15)11-22(2)18(25)14-7-16(24)10-19-8-14/h7-10,12-13,17,24H,4-6,11H2,1-3H3/t13-,17+/m0/s1. The summed E-state index contributed by atoms with van der Waals surface area (Å²) >= 11 is 0. The molecule has 3 heterocycles. The number of aromatic nitrogens is 3. The van der Waals surface area contributed by atoms with Crippen LogP contribution >= 0.6 is 0 Å². The average Bonchev–Trinajstić information content (AvgIpc) is 3.00. The van der Waals surface area contributed by atoms with Crippen LogP contribution in [0.5, 0.6) is 5.75 Å². The number of nitrogens with zero attached hydrogens (tertiary/aromatic N) is 5. The van der Waals surface area contributed by atoms with Crippen molar-refractivity contribution in [2.45, 2.75) is 18.9 Å². The Balaban J connectivity index is 1.76. The van der Waals surface area contributed by atoms with Gasteiger partial charge in [0.1, 0.15) is 5.75 Å². The van der Waals surface area contributed by atoms with Gasteiger partial charge in [0.05, 0.1) is 18.0 Å². The highest BCUT2D eigenvalue weighted by molar-refractivity contribution is 5.94. The van der Waals surface area contributed by atoms with Gasteiger partial charge in [-0.25, -0.2) is 0 Å². The highest BCUT2D eigenvalue weighted by atomic mass is 16.3. The van der Waals surface area contributed by atoms with E-state index in [1.807, 2.05) is 17.9 Å². The minimum Gasteiger partial charge on any atom is -0.506 e. The highest BCUT2D eigenvalue weighted by Gasteiger charge is 2.33. The molecule has 2 aromatic rings. The number of piperidine rings is 1. The van der Waals surface area contributed by atoms with Crippen LogP contribution in [0.3, 0.4) is 0 Å². The Kier molecular flexibility index (Phi) is 5.03. The Hall–Kier alpha value is -2.41. The van der Waals surface area contributed by atoms with E-state index in [1.54, 1.807) is 11.9 Å². The van der Waals surface area contributed by atoms with Crippen molar-refractivity contribution in [2.24, 2.45) is 13.0 Å². The van der Waals surface area contributed by atoms with Gasteiger partial charge in [0.25, 0.3) is 5.91 Å². The first-order valence-electron chi connectivity index (χ1n) is 8.54. The summed E-state index contributed by atoms with van der Waals surface area (Å²) in [6.07, 6.45) is 8.98. The third-order valence-corrected chi connectivity index (χ3v) is 4.90. The Morgan fingerprint density at radius 1 is 1.36 bits per heavy atom. The molecule has 0 bridgehead atoms. The lowest BCUT2D eigenvalue weighted by molar-refractivity contribution is 0.0644. The predicted octanol–water partition coefficient (Wildman–Crippen LogP) is 1.68.